The van der Waals surface area contributed by atoms with Gasteiger partial charge in [-0.15, -0.1) is 0 Å². The molecular weight excluding hydrogens is 231 g/mol. The number of benzene rings is 2. The lowest BCUT2D eigenvalue weighted by Crippen LogP contribution is -2.03. The van der Waals surface area contributed by atoms with Crippen molar-refractivity contribution in [3.63, 3.8) is 0 Å². The molecular formula is C15H11FO2. The summed E-state index contributed by atoms with van der Waals surface area (Å²) in [6.45, 7) is 0. The molecule has 0 heterocycles. The van der Waals surface area contributed by atoms with Gasteiger partial charge in [0.05, 0.1) is 0 Å². The predicted molar refractivity (Wildman–Crippen MR) is 68.7 cm³/mol. The molecule has 0 unspecified atom stereocenters. The second-order valence-corrected chi connectivity index (χ2v) is 3.75. The first-order chi connectivity index (χ1) is 8.68. The highest BCUT2D eigenvalue weighted by atomic mass is 19.1. The lowest BCUT2D eigenvalue weighted by Gasteiger charge is -2.02. The fourth-order valence-corrected chi connectivity index (χ4v) is 1.66. The molecule has 0 aliphatic carbocycles. The van der Waals surface area contributed by atoms with Crippen molar-refractivity contribution in [3.8, 4) is 0 Å². The minimum atomic E-state index is -1.26. The van der Waals surface area contributed by atoms with Crippen molar-refractivity contribution in [2.24, 2.45) is 0 Å². The highest BCUT2D eigenvalue weighted by Crippen LogP contribution is 2.16. The Bertz CT molecular complexity index is 589. The standard InChI is InChI=1S/C15H11FO2/c16-13-8-4-7-12(14(13)15(17)18)10-9-11-5-2-1-3-6-11/h1-10H,(H,17,18)/b10-9+. The Kier molecular flexibility index (Phi) is 3.53. The maximum atomic E-state index is 13.4. The van der Waals surface area contributed by atoms with Crippen LogP contribution in [-0.2, 0) is 0 Å². The van der Waals surface area contributed by atoms with Crippen LogP contribution < -0.4 is 0 Å². The van der Waals surface area contributed by atoms with E-state index in [1.807, 2.05) is 30.3 Å². The van der Waals surface area contributed by atoms with Gasteiger partial charge >= 0.3 is 5.97 Å². The number of halogens is 1. The molecule has 0 aromatic heterocycles. The SMILES string of the molecule is O=C(O)c1c(F)cccc1/C=C/c1ccccc1. The number of rotatable bonds is 3. The van der Waals surface area contributed by atoms with Crippen molar-refractivity contribution >= 4 is 18.1 Å². The molecule has 0 fully saturated rings. The van der Waals surface area contributed by atoms with E-state index in [0.29, 0.717) is 5.56 Å². The average molecular weight is 242 g/mol. The molecule has 0 saturated heterocycles. The third-order valence-electron chi connectivity index (χ3n) is 2.51. The first-order valence-electron chi connectivity index (χ1n) is 5.43. The van der Waals surface area contributed by atoms with Gasteiger partial charge in [0.15, 0.2) is 0 Å². The van der Waals surface area contributed by atoms with Crippen LogP contribution >= 0.6 is 0 Å². The molecule has 3 heteroatoms. The van der Waals surface area contributed by atoms with Gasteiger partial charge in [-0.1, -0.05) is 54.6 Å². The molecule has 0 aliphatic heterocycles. The van der Waals surface area contributed by atoms with Gasteiger partial charge in [0, 0.05) is 0 Å². The third kappa shape index (κ3) is 2.63. The number of carboxylic acid groups (broad SMARTS) is 1. The molecule has 18 heavy (non-hydrogen) atoms. The lowest BCUT2D eigenvalue weighted by molar-refractivity contribution is 0.0691. The second-order valence-electron chi connectivity index (χ2n) is 3.75. The fraction of sp³-hybridized carbons (Fsp3) is 0. The van der Waals surface area contributed by atoms with Gasteiger partial charge in [-0.3, -0.25) is 0 Å². The van der Waals surface area contributed by atoms with Gasteiger partial charge in [0.25, 0.3) is 0 Å². The van der Waals surface area contributed by atoms with Crippen LogP contribution in [0.15, 0.2) is 48.5 Å². The van der Waals surface area contributed by atoms with Crippen molar-refractivity contribution in [1.82, 2.24) is 0 Å². The number of aromatic carboxylic acids is 1. The van der Waals surface area contributed by atoms with E-state index < -0.39 is 11.8 Å². The summed E-state index contributed by atoms with van der Waals surface area (Å²) in [5, 5.41) is 8.97. The van der Waals surface area contributed by atoms with Crippen molar-refractivity contribution in [1.29, 1.82) is 0 Å². The Morgan fingerprint density at radius 2 is 1.72 bits per heavy atom. The summed E-state index contributed by atoms with van der Waals surface area (Å²) < 4.78 is 13.4. The molecule has 2 nitrogen and oxygen atoms in total. The van der Waals surface area contributed by atoms with E-state index in [0.717, 1.165) is 11.6 Å². The van der Waals surface area contributed by atoms with Crippen molar-refractivity contribution in [3.05, 3.63) is 71.0 Å². The summed E-state index contributed by atoms with van der Waals surface area (Å²) in [7, 11) is 0. The first kappa shape index (κ1) is 12.0. The molecule has 0 amide bonds. The van der Waals surface area contributed by atoms with Crippen LogP contribution in [0.3, 0.4) is 0 Å². The van der Waals surface area contributed by atoms with Crippen LogP contribution in [-0.4, -0.2) is 11.1 Å². The molecule has 0 spiro atoms. The van der Waals surface area contributed by atoms with Gasteiger partial charge in [-0.2, -0.15) is 0 Å². The predicted octanol–water partition coefficient (Wildman–Crippen LogP) is 3.69. The first-order valence-corrected chi connectivity index (χ1v) is 5.43. The highest BCUT2D eigenvalue weighted by molar-refractivity contribution is 5.93. The summed E-state index contributed by atoms with van der Waals surface area (Å²) in [5.74, 6) is -1.99. The van der Waals surface area contributed by atoms with Gasteiger partial charge in [0.2, 0.25) is 0 Å². The molecule has 0 radical (unpaired) electrons. The van der Waals surface area contributed by atoms with E-state index in [2.05, 4.69) is 0 Å². The molecule has 0 saturated carbocycles. The van der Waals surface area contributed by atoms with E-state index in [1.165, 1.54) is 6.07 Å². The normalized spacial score (nSPS) is 10.7. The number of carbonyl (C=O) groups is 1. The number of hydrogen-bond donors (Lipinski definition) is 1. The zero-order valence-corrected chi connectivity index (χ0v) is 9.51. The topological polar surface area (TPSA) is 37.3 Å². The van der Waals surface area contributed by atoms with Crippen LogP contribution in [0.5, 0.6) is 0 Å². The largest absolute Gasteiger partial charge is 0.478 e. The lowest BCUT2D eigenvalue weighted by atomic mass is 10.1. The zero-order chi connectivity index (χ0) is 13.0. The Balaban J connectivity index is 2.38. The van der Waals surface area contributed by atoms with Crippen LogP contribution in [0.2, 0.25) is 0 Å². The Labute approximate surface area is 104 Å². The second kappa shape index (κ2) is 5.27. The molecule has 2 rings (SSSR count). The smallest absolute Gasteiger partial charge is 0.339 e. The summed E-state index contributed by atoms with van der Waals surface area (Å²) in [4.78, 5) is 11.0. The summed E-state index contributed by atoms with van der Waals surface area (Å²) in [6.07, 6.45) is 3.35. The van der Waals surface area contributed by atoms with Crippen LogP contribution in [0.25, 0.3) is 12.2 Å². The van der Waals surface area contributed by atoms with Gasteiger partial charge in [-0.05, 0) is 17.2 Å². The van der Waals surface area contributed by atoms with Crippen LogP contribution in [0.4, 0.5) is 4.39 Å². The van der Waals surface area contributed by atoms with E-state index in [9.17, 15) is 9.18 Å². The summed E-state index contributed by atoms with van der Waals surface area (Å²) >= 11 is 0. The third-order valence-corrected chi connectivity index (χ3v) is 2.51. The van der Waals surface area contributed by atoms with E-state index >= 15 is 0 Å². The van der Waals surface area contributed by atoms with Gasteiger partial charge in [-0.25, -0.2) is 9.18 Å². The minimum absolute atomic E-state index is 0.301. The monoisotopic (exact) mass is 242 g/mol. The fourth-order valence-electron chi connectivity index (χ4n) is 1.66. The zero-order valence-electron chi connectivity index (χ0n) is 9.51. The Morgan fingerprint density at radius 3 is 2.39 bits per heavy atom. The molecule has 2 aromatic rings. The van der Waals surface area contributed by atoms with E-state index in [1.54, 1.807) is 18.2 Å². The molecule has 1 N–H and O–H groups in total. The van der Waals surface area contributed by atoms with Gasteiger partial charge < -0.3 is 5.11 Å². The molecule has 0 aliphatic rings. The minimum Gasteiger partial charge on any atom is -0.478 e. The number of carboxylic acids is 1. The Hall–Kier alpha value is -2.42. The molecule has 90 valence electrons. The van der Waals surface area contributed by atoms with E-state index in [-0.39, 0.29) is 5.56 Å². The summed E-state index contributed by atoms with van der Waals surface area (Å²) in [5.41, 5.74) is 0.981. The van der Waals surface area contributed by atoms with Crippen molar-refractivity contribution in [2.75, 3.05) is 0 Å². The van der Waals surface area contributed by atoms with Crippen LogP contribution in [0, 0.1) is 5.82 Å². The quantitative estimate of drug-likeness (QED) is 0.833. The molecule has 2 aromatic carbocycles. The maximum absolute atomic E-state index is 13.4. The van der Waals surface area contributed by atoms with E-state index in [4.69, 9.17) is 5.11 Å². The van der Waals surface area contributed by atoms with Crippen LogP contribution in [0.1, 0.15) is 21.5 Å². The average Bonchev–Trinajstić information content (AvgIpc) is 2.37. The van der Waals surface area contributed by atoms with Crippen molar-refractivity contribution in [2.45, 2.75) is 0 Å². The molecule has 0 atom stereocenters. The summed E-state index contributed by atoms with van der Waals surface area (Å²) in [6, 6.07) is 13.6. The molecule has 0 bridgehead atoms. The Morgan fingerprint density at radius 1 is 1.00 bits per heavy atom. The van der Waals surface area contributed by atoms with Crippen molar-refractivity contribution < 1.29 is 14.3 Å². The highest BCUT2D eigenvalue weighted by Gasteiger charge is 2.13. The van der Waals surface area contributed by atoms with Gasteiger partial charge in [0.1, 0.15) is 11.4 Å². The number of hydrogen-bond acceptors (Lipinski definition) is 1. The maximum Gasteiger partial charge on any atom is 0.339 e.